The summed E-state index contributed by atoms with van der Waals surface area (Å²) >= 11 is 0. The Morgan fingerprint density at radius 3 is 2.39 bits per heavy atom. The van der Waals surface area contributed by atoms with Crippen LogP contribution in [0.3, 0.4) is 0 Å². The predicted molar refractivity (Wildman–Crippen MR) is 92.3 cm³/mol. The second-order valence-corrected chi connectivity index (χ2v) is 6.75. The maximum absolute atomic E-state index is 11.4. The van der Waals surface area contributed by atoms with E-state index in [0.717, 1.165) is 6.42 Å². The Hall–Kier alpha value is -0.610. The molecule has 0 radical (unpaired) electrons. The molecule has 1 heterocycles. The highest BCUT2D eigenvalue weighted by Gasteiger charge is 2.37. The van der Waals surface area contributed by atoms with E-state index in [4.69, 9.17) is 14.2 Å². The number of ether oxygens (including phenoxy) is 3. The summed E-state index contributed by atoms with van der Waals surface area (Å²) in [6.45, 7) is 7.08. The molecule has 23 heavy (non-hydrogen) atoms. The minimum absolute atomic E-state index is 0.174. The molecule has 4 nitrogen and oxygen atoms in total. The van der Waals surface area contributed by atoms with Crippen molar-refractivity contribution in [3.8, 4) is 0 Å². The minimum Gasteiger partial charge on any atom is -0.466 e. The van der Waals surface area contributed by atoms with Crippen LogP contribution in [0.5, 0.6) is 0 Å². The zero-order valence-electron chi connectivity index (χ0n) is 15.4. The maximum Gasteiger partial charge on any atom is 0.305 e. The Morgan fingerprint density at radius 2 is 1.74 bits per heavy atom. The lowest BCUT2D eigenvalue weighted by Gasteiger charge is -2.22. The van der Waals surface area contributed by atoms with Crippen molar-refractivity contribution in [2.75, 3.05) is 13.2 Å². The highest BCUT2D eigenvalue weighted by molar-refractivity contribution is 5.69. The highest BCUT2D eigenvalue weighted by Crippen LogP contribution is 2.30. The van der Waals surface area contributed by atoms with Crippen LogP contribution in [0.1, 0.15) is 91.4 Å². The van der Waals surface area contributed by atoms with E-state index in [1.807, 2.05) is 13.8 Å². The highest BCUT2D eigenvalue weighted by atomic mass is 16.7. The number of carbonyl (C=O) groups is 1. The lowest BCUT2D eigenvalue weighted by atomic mass is 10.1. The minimum atomic E-state index is -0.614. The number of unbranched alkanes of at least 4 members (excludes halogenated alkanes) is 7. The SMILES string of the molecule is CCCCCCCCCCC1COC(C)(CCC(=O)OCC)O1. The van der Waals surface area contributed by atoms with E-state index >= 15 is 0 Å². The third kappa shape index (κ3) is 9.31. The molecule has 0 amide bonds. The molecule has 1 aliphatic rings. The first kappa shape index (κ1) is 20.4. The Balaban J connectivity index is 2.04. The van der Waals surface area contributed by atoms with Gasteiger partial charge in [-0.15, -0.1) is 0 Å². The zero-order chi connectivity index (χ0) is 17.0. The lowest BCUT2D eigenvalue weighted by molar-refractivity contribution is -0.168. The van der Waals surface area contributed by atoms with Crippen LogP contribution in [0.15, 0.2) is 0 Å². The van der Waals surface area contributed by atoms with Crippen LogP contribution in [0.4, 0.5) is 0 Å². The van der Waals surface area contributed by atoms with Crippen molar-refractivity contribution in [3.05, 3.63) is 0 Å². The molecule has 0 bridgehead atoms. The summed E-state index contributed by atoms with van der Waals surface area (Å²) in [4.78, 5) is 11.4. The molecule has 0 saturated carbocycles. The van der Waals surface area contributed by atoms with Crippen LogP contribution >= 0.6 is 0 Å². The maximum atomic E-state index is 11.4. The predicted octanol–water partition coefficient (Wildman–Crippen LogP) is 4.99. The van der Waals surface area contributed by atoms with Crippen LogP contribution < -0.4 is 0 Å². The van der Waals surface area contributed by atoms with Gasteiger partial charge in [-0.25, -0.2) is 0 Å². The van der Waals surface area contributed by atoms with E-state index in [1.54, 1.807) is 0 Å². The van der Waals surface area contributed by atoms with E-state index in [-0.39, 0.29) is 12.1 Å². The van der Waals surface area contributed by atoms with Crippen molar-refractivity contribution in [2.24, 2.45) is 0 Å². The number of hydrogen-bond acceptors (Lipinski definition) is 4. The molecule has 0 spiro atoms. The summed E-state index contributed by atoms with van der Waals surface area (Å²) in [6, 6.07) is 0. The van der Waals surface area contributed by atoms with Gasteiger partial charge in [0.25, 0.3) is 0 Å². The van der Waals surface area contributed by atoms with E-state index in [0.29, 0.717) is 26.1 Å². The molecule has 1 saturated heterocycles. The zero-order valence-corrected chi connectivity index (χ0v) is 15.4. The molecule has 4 heteroatoms. The Kier molecular flexibility index (Phi) is 10.5. The second-order valence-electron chi connectivity index (χ2n) is 6.75. The van der Waals surface area contributed by atoms with Gasteiger partial charge in [0.2, 0.25) is 0 Å². The van der Waals surface area contributed by atoms with Gasteiger partial charge >= 0.3 is 5.97 Å². The van der Waals surface area contributed by atoms with E-state index in [9.17, 15) is 4.79 Å². The summed E-state index contributed by atoms with van der Waals surface area (Å²) < 4.78 is 16.7. The monoisotopic (exact) mass is 328 g/mol. The van der Waals surface area contributed by atoms with E-state index in [2.05, 4.69) is 6.92 Å². The van der Waals surface area contributed by atoms with Crippen molar-refractivity contribution in [1.82, 2.24) is 0 Å². The molecule has 0 aromatic carbocycles. The summed E-state index contributed by atoms with van der Waals surface area (Å²) in [5.41, 5.74) is 0. The van der Waals surface area contributed by atoms with E-state index < -0.39 is 5.79 Å². The molecular formula is C19H36O4. The van der Waals surface area contributed by atoms with Gasteiger partial charge in [0.1, 0.15) is 0 Å². The fourth-order valence-electron chi connectivity index (χ4n) is 3.03. The molecular weight excluding hydrogens is 292 g/mol. The summed E-state index contributed by atoms with van der Waals surface area (Å²) in [7, 11) is 0. The third-order valence-electron chi connectivity index (χ3n) is 4.46. The Labute approximate surface area is 142 Å². The average Bonchev–Trinajstić information content (AvgIpc) is 2.90. The third-order valence-corrected chi connectivity index (χ3v) is 4.46. The molecule has 136 valence electrons. The molecule has 1 aliphatic heterocycles. The lowest BCUT2D eigenvalue weighted by Crippen LogP contribution is -2.28. The topological polar surface area (TPSA) is 44.8 Å². The van der Waals surface area contributed by atoms with Gasteiger partial charge in [-0.1, -0.05) is 58.3 Å². The van der Waals surface area contributed by atoms with Crippen molar-refractivity contribution < 1.29 is 19.0 Å². The number of esters is 1. The number of rotatable bonds is 13. The largest absolute Gasteiger partial charge is 0.466 e. The van der Waals surface area contributed by atoms with Crippen molar-refractivity contribution in [2.45, 2.75) is 103 Å². The van der Waals surface area contributed by atoms with Crippen LogP contribution in [0.2, 0.25) is 0 Å². The number of carbonyl (C=O) groups excluding carboxylic acids is 1. The van der Waals surface area contributed by atoms with Gasteiger partial charge in [-0.05, 0) is 20.3 Å². The summed E-state index contributed by atoms with van der Waals surface area (Å²) in [5, 5.41) is 0. The molecule has 2 atom stereocenters. The smallest absolute Gasteiger partial charge is 0.305 e. The van der Waals surface area contributed by atoms with Crippen LogP contribution in [0.25, 0.3) is 0 Å². The van der Waals surface area contributed by atoms with Gasteiger partial charge < -0.3 is 14.2 Å². The molecule has 0 N–H and O–H groups in total. The van der Waals surface area contributed by atoms with Gasteiger partial charge in [0.15, 0.2) is 5.79 Å². The van der Waals surface area contributed by atoms with Crippen molar-refractivity contribution >= 4 is 5.97 Å². The summed E-state index contributed by atoms with van der Waals surface area (Å²) in [6.07, 6.45) is 12.8. The Bertz CT molecular complexity index is 318. The van der Waals surface area contributed by atoms with Crippen LogP contribution in [-0.2, 0) is 19.0 Å². The first-order chi connectivity index (χ1) is 11.1. The van der Waals surface area contributed by atoms with Gasteiger partial charge in [-0.2, -0.15) is 0 Å². The van der Waals surface area contributed by atoms with E-state index in [1.165, 1.54) is 51.4 Å². The second kappa shape index (κ2) is 11.9. The first-order valence-electron chi connectivity index (χ1n) is 9.57. The number of hydrogen-bond donors (Lipinski definition) is 0. The Morgan fingerprint density at radius 1 is 1.09 bits per heavy atom. The molecule has 1 fully saturated rings. The molecule has 0 aromatic heterocycles. The van der Waals surface area contributed by atoms with Crippen LogP contribution in [0, 0.1) is 0 Å². The molecule has 1 rings (SSSR count). The fraction of sp³-hybridized carbons (Fsp3) is 0.947. The summed E-state index contributed by atoms with van der Waals surface area (Å²) in [5.74, 6) is -0.787. The molecule has 2 unspecified atom stereocenters. The average molecular weight is 328 g/mol. The standard InChI is InChI=1S/C19H36O4/c1-4-6-7-8-9-10-11-12-13-17-16-22-19(3,23-17)15-14-18(20)21-5-2/h17H,4-16H2,1-3H3. The van der Waals surface area contributed by atoms with Gasteiger partial charge in [-0.3, -0.25) is 4.79 Å². The van der Waals surface area contributed by atoms with Crippen molar-refractivity contribution in [1.29, 1.82) is 0 Å². The van der Waals surface area contributed by atoms with Gasteiger partial charge in [0, 0.05) is 6.42 Å². The van der Waals surface area contributed by atoms with Crippen molar-refractivity contribution in [3.63, 3.8) is 0 Å². The molecule has 0 aliphatic carbocycles. The van der Waals surface area contributed by atoms with Crippen LogP contribution in [-0.4, -0.2) is 31.1 Å². The van der Waals surface area contributed by atoms with Gasteiger partial charge in [0.05, 0.1) is 25.7 Å². The first-order valence-corrected chi connectivity index (χ1v) is 9.57. The fourth-order valence-corrected chi connectivity index (χ4v) is 3.03. The normalized spacial score (nSPS) is 24.0. The quantitative estimate of drug-likeness (QED) is 0.353. The molecule has 0 aromatic rings.